The van der Waals surface area contributed by atoms with Gasteiger partial charge in [0.25, 0.3) is 10.0 Å². The molecule has 0 aliphatic rings. The second kappa shape index (κ2) is 13.9. The zero-order chi connectivity index (χ0) is 31.8. The maximum Gasteiger partial charge on any atom is 0.262 e. The van der Waals surface area contributed by atoms with Crippen LogP contribution >= 0.6 is 0 Å². The van der Waals surface area contributed by atoms with Crippen LogP contribution in [0.4, 0.5) is 11.4 Å². The molecule has 1 amide bonds. The zero-order valence-electron chi connectivity index (χ0n) is 24.7. The Morgan fingerprint density at radius 2 is 1.64 bits per heavy atom. The van der Waals surface area contributed by atoms with E-state index in [4.69, 9.17) is 4.74 Å². The summed E-state index contributed by atoms with van der Waals surface area (Å²) in [6.45, 7) is 1.76. The third kappa shape index (κ3) is 7.57. The number of fused-ring (bicyclic) bond motifs is 1. The van der Waals surface area contributed by atoms with Crippen LogP contribution in [0.2, 0.25) is 0 Å². The van der Waals surface area contributed by atoms with Crippen molar-refractivity contribution in [2.24, 2.45) is 0 Å². The fraction of sp³-hybridized carbons (Fsp3) is 0.147. The maximum absolute atomic E-state index is 13.4. The highest BCUT2D eigenvalue weighted by Gasteiger charge is 2.19. The summed E-state index contributed by atoms with van der Waals surface area (Å²) in [6, 6.07) is 19.1. The fourth-order valence-electron chi connectivity index (χ4n) is 4.79. The Morgan fingerprint density at radius 1 is 0.867 bits per heavy atom. The first-order valence-corrected chi connectivity index (χ1v) is 15.7. The lowest BCUT2D eigenvalue weighted by Gasteiger charge is -2.14. The lowest BCUT2D eigenvalue weighted by Crippen LogP contribution is -2.15. The van der Waals surface area contributed by atoms with Crippen molar-refractivity contribution in [1.29, 1.82) is 0 Å². The van der Waals surface area contributed by atoms with Crippen LogP contribution in [0.25, 0.3) is 33.2 Å². The predicted molar refractivity (Wildman–Crippen MR) is 174 cm³/mol. The Bertz CT molecular complexity index is 1980. The number of pyridine rings is 3. The number of aromatic nitrogens is 3. The number of rotatable bonds is 12. The number of allylic oxidation sites excluding steroid dienone is 2. The molecule has 0 radical (unpaired) electrons. The number of ketones is 1. The van der Waals surface area contributed by atoms with Crippen LogP contribution in [-0.2, 0) is 19.6 Å². The van der Waals surface area contributed by atoms with Gasteiger partial charge in [-0.15, -0.1) is 0 Å². The maximum atomic E-state index is 13.4. The number of carbonyl (C=O) groups excluding carboxylic acids is 2. The summed E-state index contributed by atoms with van der Waals surface area (Å²) in [6.07, 6.45) is 10.9. The molecule has 0 unspecified atom stereocenters. The third-order valence-electron chi connectivity index (χ3n) is 6.98. The van der Waals surface area contributed by atoms with Gasteiger partial charge in [0.15, 0.2) is 5.78 Å². The van der Waals surface area contributed by atoms with Gasteiger partial charge >= 0.3 is 0 Å². The SMILES string of the molecule is C/C=C/C(=O)CCCC(=O)Nc1ccc(S(=O)(=O)Nc2cc(-c3ccc4nccc(-c5ccncc5)c4c3)cnc2OC)cc1. The van der Waals surface area contributed by atoms with Crippen LogP contribution in [0.15, 0.2) is 109 Å². The largest absolute Gasteiger partial charge is 0.480 e. The molecule has 10 nitrogen and oxygen atoms in total. The number of carbonyl (C=O) groups is 2. The first-order chi connectivity index (χ1) is 21.8. The topological polar surface area (TPSA) is 140 Å². The number of methoxy groups -OCH3 is 1. The number of anilines is 2. The van der Waals surface area contributed by atoms with E-state index in [2.05, 4.69) is 25.0 Å². The van der Waals surface area contributed by atoms with Crippen molar-refractivity contribution in [3.05, 3.63) is 104 Å². The molecule has 0 saturated heterocycles. The Labute approximate surface area is 261 Å². The van der Waals surface area contributed by atoms with Crippen LogP contribution in [0.3, 0.4) is 0 Å². The standard InChI is InChI=1S/C34H31N5O5S/c1-3-5-27(40)6-4-7-33(41)38-26-9-11-28(12-10-26)45(42,43)39-32-21-25(22-37-34(32)44-2)24-8-13-31-30(20-24)29(16-19-36-31)23-14-17-35-18-15-23/h3,5,8-22,39H,4,6-7H2,1-2H3,(H,38,41)/b5-3+. The summed E-state index contributed by atoms with van der Waals surface area (Å²) in [5.41, 5.74) is 4.90. The summed E-state index contributed by atoms with van der Waals surface area (Å²) in [7, 11) is -2.63. The Kier molecular flexibility index (Phi) is 9.59. The minimum absolute atomic E-state index is 0.0105. The minimum atomic E-state index is -4.04. The molecule has 2 aromatic carbocycles. The van der Waals surface area contributed by atoms with E-state index in [1.165, 1.54) is 37.5 Å². The average molecular weight is 622 g/mol. The van der Waals surface area contributed by atoms with Crippen LogP contribution in [0, 0.1) is 0 Å². The van der Waals surface area contributed by atoms with Crippen molar-refractivity contribution in [3.63, 3.8) is 0 Å². The van der Waals surface area contributed by atoms with E-state index in [1.807, 2.05) is 36.4 Å². The molecule has 228 valence electrons. The van der Waals surface area contributed by atoms with Crippen LogP contribution in [-0.4, -0.2) is 42.2 Å². The van der Waals surface area contributed by atoms with Gasteiger partial charge in [0.05, 0.1) is 17.5 Å². The summed E-state index contributed by atoms with van der Waals surface area (Å²) < 4.78 is 34.7. The normalized spacial score (nSPS) is 11.4. The molecule has 0 bridgehead atoms. The summed E-state index contributed by atoms with van der Waals surface area (Å²) >= 11 is 0. The number of ether oxygens (including phenoxy) is 1. The van der Waals surface area contributed by atoms with Gasteiger partial charge in [0.2, 0.25) is 11.8 Å². The minimum Gasteiger partial charge on any atom is -0.480 e. The molecule has 11 heteroatoms. The van der Waals surface area contributed by atoms with E-state index in [0.717, 1.165) is 27.6 Å². The van der Waals surface area contributed by atoms with Crippen LogP contribution in [0.5, 0.6) is 5.88 Å². The van der Waals surface area contributed by atoms with Gasteiger partial charge in [-0.2, -0.15) is 0 Å². The van der Waals surface area contributed by atoms with Gasteiger partial charge in [-0.3, -0.25) is 24.3 Å². The molecular formula is C34H31N5O5S. The number of hydrogen-bond acceptors (Lipinski definition) is 8. The average Bonchev–Trinajstić information content (AvgIpc) is 3.05. The second-order valence-electron chi connectivity index (χ2n) is 10.1. The highest BCUT2D eigenvalue weighted by molar-refractivity contribution is 7.92. The second-order valence-corrected chi connectivity index (χ2v) is 11.8. The van der Waals surface area contributed by atoms with E-state index in [9.17, 15) is 18.0 Å². The van der Waals surface area contributed by atoms with Crippen molar-refractivity contribution in [2.75, 3.05) is 17.1 Å². The predicted octanol–water partition coefficient (Wildman–Crippen LogP) is 6.42. The number of nitrogens with zero attached hydrogens (tertiary/aromatic N) is 3. The van der Waals surface area contributed by atoms with Crippen molar-refractivity contribution in [3.8, 4) is 28.1 Å². The van der Waals surface area contributed by atoms with E-state index >= 15 is 0 Å². The first kappa shape index (κ1) is 31.0. The van der Waals surface area contributed by atoms with E-state index in [-0.39, 0.29) is 41.0 Å². The van der Waals surface area contributed by atoms with E-state index in [0.29, 0.717) is 17.7 Å². The Morgan fingerprint density at radius 3 is 2.38 bits per heavy atom. The van der Waals surface area contributed by atoms with Gasteiger partial charge in [-0.05, 0) is 96.8 Å². The molecule has 0 spiro atoms. The Balaban J connectivity index is 1.34. The molecule has 0 atom stereocenters. The molecule has 2 N–H and O–H groups in total. The fourth-order valence-corrected chi connectivity index (χ4v) is 5.84. The molecule has 5 aromatic rings. The lowest BCUT2D eigenvalue weighted by molar-refractivity contribution is -0.116. The monoisotopic (exact) mass is 621 g/mol. The molecule has 0 saturated carbocycles. The zero-order valence-corrected chi connectivity index (χ0v) is 25.5. The first-order valence-electron chi connectivity index (χ1n) is 14.2. The number of benzene rings is 2. The molecular weight excluding hydrogens is 590 g/mol. The molecule has 5 rings (SSSR count). The number of nitrogens with one attached hydrogen (secondary N) is 2. The summed E-state index contributed by atoms with van der Waals surface area (Å²) in [5.74, 6) is -0.185. The molecule has 45 heavy (non-hydrogen) atoms. The quantitative estimate of drug-likeness (QED) is 0.152. The lowest BCUT2D eigenvalue weighted by atomic mass is 9.98. The summed E-state index contributed by atoms with van der Waals surface area (Å²) in [5, 5.41) is 3.65. The van der Waals surface area contributed by atoms with Crippen LogP contribution in [0.1, 0.15) is 26.2 Å². The van der Waals surface area contributed by atoms with Crippen LogP contribution < -0.4 is 14.8 Å². The number of hydrogen-bond donors (Lipinski definition) is 2. The molecule has 0 fully saturated rings. The van der Waals surface area contributed by atoms with E-state index < -0.39 is 10.0 Å². The van der Waals surface area contributed by atoms with Gasteiger partial charge in [-0.1, -0.05) is 12.1 Å². The molecule has 0 aliphatic heterocycles. The highest BCUT2D eigenvalue weighted by atomic mass is 32.2. The van der Waals surface area contributed by atoms with Crippen molar-refractivity contribution in [2.45, 2.75) is 31.1 Å². The number of amides is 1. The summed E-state index contributed by atoms with van der Waals surface area (Å²) in [4.78, 5) is 36.8. The van der Waals surface area contributed by atoms with Gasteiger partial charge in [0, 0.05) is 54.3 Å². The van der Waals surface area contributed by atoms with Gasteiger partial charge in [0.1, 0.15) is 5.69 Å². The van der Waals surface area contributed by atoms with Crippen molar-refractivity contribution < 1.29 is 22.7 Å². The highest BCUT2D eigenvalue weighted by Crippen LogP contribution is 2.34. The third-order valence-corrected chi connectivity index (χ3v) is 8.36. The molecule has 3 heterocycles. The Hall–Kier alpha value is -5.42. The molecule has 0 aliphatic carbocycles. The molecule has 3 aromatic heterocycles. The van der Waals surface area contributed by atoms with Gasteiger partial charge in [-0.25, -0.2) is 13.4 Å². The van der Waals surface area contributed by atoms with Crippen molar-refractivity contribution in [1.82, 2.24) is 15.0 Å². The van der Waals surface area contributed by atoms with Crippen molar-refractivity contribution >= 4 is 44.0 Å². The van der Waals surface area contributed by atoms with E-state index in [1.54, 1.807) is 43.9 Å². The van der Waals surface area contributed by atoms with Gasteiger partial charge < -0.3 is 10.1 Å². The number of sulfonamides is 1. The smallest absolute Gasteiger partial charge is 0.262 e.